The highest BCUT2D eigenvalue weighted by Crippen LogP contribution is 1.75. The number of halogens is 1. The van der Waals surface area contributed by atoms with Crippen LogP contribution in [0.25, 0.3) is 0 Å². The lowest BCUT2D eigenvalue weighted by atomic mass is 10.6. The lowest BCUT2D eigenvalue weighted by Gasteiger charge is -1.86. The van der Waals surface area contributed by atoms with E-state index in [9.17, 15) is 4.39 Å². The van der Waals surface area contributed by atoms with Crippen LogP contribution in [0.1, 0.15) is 6.92 Å². The molecule has 0 atom stereocenters. The first kappa shape index (κ1) is 6.63. The molecule has 0 saturated carbocycles. The van der Waals surface area contributed by atoms with Crippen LogP contribution in [0.2, 0.25) is 0 Å². The predicted molar refractivity (Wildman–Crippen MR) is 26.7 cm³/mol. The average Bonchev–Trinajstić information content (AvgIpc) is 1.69. The van der Waals surface area contributed by atoms with Crippen molar-refractivity contribution in [2.75, 3.05) is 13.5 Å². The summed E-state index contributed by atoms with van der Waals surface area (Å²) in [4.78, 5) is 0. The third kappa shape index (κ3) is 5.63. The Bertz CT molecular complexity index is 52.0. The third-order valence-electron chi connectivity index (χ3n) is 0.527. The molecule has 0 rings (SSSR count). The monoisotopic (exact) mass is 104 g/mol. The lowest BCUT2D eigenvalue weighted by Crippen LogP contribution is -1.85. The zero-order valence-electron chi connectivity index (χ0n) is 4.36. The minimum absolute atomic E-state index is 0.382. The van der Waals surface area contributed by atoms with E-state index in [1.165, 1.54) is 0 Å². The maximum Gasteiger partial charge on any atom is 0.188 e. The molecular formula is C5H9FO. The first-order valence-corrected chi connectivity index (χ1v) is 2.16. The van der Waals surface area contributed by atoms with E-state index in [-0.39, 0.29) is 0 Å². The largest absolute Gasteiger partial charge is 0.346 e. The number of hydrogen-bond acceptors (Lipinski definition) is 1. The van der Waals surface area contributed by atoms with Gasteiger partial charge in [0, 0.05) is 0 Å². The summed E-state index contributed by atoms with van der Waals surface area (Å²) in [6.45, 7) is 1.55. The van der Waals surface area contributed by atoms with E-state index in [0.717, 1.165) is 0 Å². The van der Waals surface area contributed by atoms with Gasteiger partial charge in [0.2, 0.25) is 0 Å². The smallest absolute Gasteiger partial charge is 0.188 e. The second-order valence-electron chi connectivity index (χ2n) is 1.05. The molecule has 0 radical (unpaired) electrons. The predicted octanol–water partition coefficient (Wildman–Crippen LogP) is 1.51. The minimum Gasteiger partial charge on any atom is -0.346 e. The van der Waals surface area contributed by atoms with Crippen molar-refractivity contribution in [1.29, 1.82) is 0 Å². The zero-order chi connectivity index (χ0) is 5.54. The number of ether oxygens (including phenoxy) is 1. The molecule has 0 bridgehead atoms. The molecule has 0 unspecified atom stereocenters. The molecule has 0 spiro atoms. The zero-order valence-corrected chi connectivity index (χ0v) is 4.36. The Kier molecular flexibility index (Phi) is 5.33. The highest BCUT2D eigenvalue weighted by molar-refractivity contribution is 4.75. The summed E-state index contributed by atoms with van der Waals surface area (Å²) in [5.74, 6) is 0. The Morgan fingerprint density at radius 2 is 2.43 bits per heavy atom. The molecule has 0 amide bonds. The van der Waals surface area contributed by atoms with Crippen LogP contribution >= 0.6 is 0 Å². The maximum absolute atomic E-state index is 11.1. The van der Waals surface area contributed by atoms with E-state index < -0.39 is 6.86 Å². The third-order valence-corrected chi connectivity index (χ3v) is 0.527. The van der Waals surface area contributed by atoms with Crippen LogP contribution in [0, 0.1) is 0 Å². The van der Waals surface area contributed by atoms with E-state index in [4.69, 9.17) is 0 Å². The molecule has 0 aromatic carbocycles. The molecule has 0 aromatic heterocycles. The van der Waals surface area contributed by atoms with Gasteiger partial charge in [-0.15, -0.1) is 0 Å². The van der Waals surface area contributed by atoms with Crippen molar-refractivity contribution in [3.8, 4) is 0 Å². The fourth-order valence-electron chi connectivity index (χ4n) is 0.209. The maximum atomic E-state index is 11.1. The summed E-state index contributed by atoms with van der Waals surface area (Å²) in [6.07, 6.45) is 3.56. The van der Waals surface area contributed by atoms with Crippen molar-refractivity contribution in [2.45, 2.75) is 6.92 Å². The van der Waals surface area contributed by atoms with Gasteiger partial charge in [-0.05, 0) is 6.92 Å². The SMILES string of the molecule is CC=CCOCF. The van der Waals surface area contributed by atoms with Gasteiger partial charge in [-0.3, -0.25) is 0 Å². The standard InChI is InChI=1S/C5H9FO/c1-2-3-4-7-5-6/h2-3H,4-5H2,1H3. The normalized spacial score (nSPS) is 10.6. The fraction of sp³-hybridized carbons (Fsp3) is 0.600. The van der Waals surface area contributed by atoms with Crippen molar-refractivity contribution in [2.24, 2.45) is 0 Å². The number of hydrogen-bond donors (Lipinski definition) is 0. The van der Waals surface area contributed by atoms with Gasteiger partial charge in [-0.1, -0.05) is 12.2 Å². The molecule has 0 fully saturated rings. The second-order valence-corrected chi connectivity index (χ2v) is 1.05. The molecule has 0 N–H and O–H groups in total. The Labute approximate surface area is 42.8 Å². The molecular weight excluding hydrogens is 95.1 g/mol. The molecule has 7 heavy (non-hydrogen) atoms. The Morgan fingerprint density at radius 1 is 1.71 bits per heavy atom. The van der Waals surface area contributed by atoms with Crippen LogP contribution in [0.5, 0.6) is 0 Å². The van der Waals surface area contributed by atoms with Gasteiger partial charge < -0.3 is 4.74 Å². The summed E-state index contributed by atoms with van der Waals surface area (Å²) < 4.78 is 15.4. The van der Waals surface area contributed by atoms with Gasteiger partial charge in [0.25, 0.3) is 0 Å². The topological polar surface area (TPSA) is 9.23 Å². The van der Waals surface area contributed by atoms with Crippen LogP contribution in [0.4, 0.5) is 4.39 Å². The summed E-state index contributed by atoms with van der Waals surface area (Å²) in [6, 6.07) is 0. The Morgan fingerprint density at radius 3 is 2.86 bits per heavy atom. The van der Waals surface area contributed by atoms with E-state index in [0.29, 0.717) is 6.61 Å². The first-order valence-electron chi connectivity index (χ1n) is 2.16. The number of rotatable bonds is 3. The van der Waals surface area contributed by atoms with Gasteiger partial charge in [-0.2, -0.15) is 0 Å². The van der Waals surface area contributed by atoms with Crippen molar-refractivity contribution >= 4 is 0 Å². The molecule has 1 nitrogen and oxygen atoms in total. The molecule has 0 aliphatic carbocycles. The summed E-state index contributed by atoms with van der Waals surface area (Å²) in [5, 5.41) is 0. The van der Waals surface area contributed by atoms with E-state index in [1.54, 1.807) is 6.08 Å². The quantitative estimate of drug-likeness (QED) is 0.389. The van der Waals surface area contributed by atoms with E-state index in [2.05, 4.69) is 4.74 Å². The lowest BCUT2D eigenvalue weighted by molar-refractivity contribution is 0.0777. The summed E-state index contributed by atoms with van der Waals surface area (Å²) in [7, 11) is 0. The summed E-state index contributed by atoms with van der Waals surface area (Å²) in [5.41, 5.74) is 0. The first-order chi connectivity index (χ1) is 3.41. The van der Waals surface area contributed by atoms with Gasteiger partial charge in [0.05, 0.1) is 6.61 Å². The molecule has 0 heterocycles. The van der Waals surface area contributed by atoms with Crippen molar-refractivity contribution in [1.82, 2.24) is 0 Å². The molecule has 2 heteroatoms. The second kappa shape index (κ2) is 5.63. The molecule has 0 saturated heterocycles. The van der Waals surface area contributed by atoms with Crippen LogP contribution in [0.15, 0.2) is 12.2 Å². The van der Waals surface area contributed by atoms with Gasteiger partial charge in [0.1, 0.15) is 0 Å². The average molecular weight is 104 g/mol. The van der Waals surface area contributed by atoms with Crippen LogP contribution < -0.4 is 0 Å². The molecule has 0 aliphatic heterocycles. The Balaban J connectivity index is 2.69. The highest BCUT2D eigenvalue weighted by Gasteiger charge is 1.72. The van der Waals surface area contributed by atoms with Crippen LogP contribution in [-0.4, -0.2) is 13.5 Å². The molecule has 0 aliphatic rings. The number of alkyl halides is 1. The van der Waals surface area contributed by atoms with Crippen LogP contribution in [-0.2, 0) is 4.74 Å². The molecule has 42 valence electrons. The minimum atomic E-state index is -0.690. The van der Waals surface area contributed by atoms with Crippen molar-refractivity contribution < 1.29 is 9.13 Å². The van der Waals surface area contributed by atoms with Gasteiger partial charge in [0.15, 0.2) is 6.86 Å². The highest BCUT2D eigenvalue weighted by atomic mass is 19.1. The molecule has 0 aromatic rings. The summed E-state index contributed by atoms with van der Waals surface area (Å²) >= 11 is 0. The van der Waals surface area contributed by atoms with E-state index in [1.807, 2.05) is 13.0 Å². The van der Waals surface area contributed by atoms with Crippen molar-refractivity contribution in [3.05, 3.63) is 12.2 Å². The van der Waals surface area contributed by atoms with Crippen LogP contribution in [0.3, 0.4) is 0 Å². The fourth-order valence-corrected chi connectivity index (χ4v) is 0.209. The number of allylic oxidation sites excluding steroid dienone is 1. The van der Waals surface area contributed by atoms with E-state index >= 15 is 0 Å². The Hall–Kier alpha value is -0.370. The van der Waals surface area contributed by atoms with Gasteiger partial charge >= 0.3 is 0 Å². The van der Waals surface area contributed by atoms with Gasteiger partial charge in [-0.25, -0.2) is 4.39 Å². The van der Waals surface area contributed by atoms with Crippen molar-refractivity contribution in [3.63, 3.8) is 0 Å².